The molecule has 2 heterocycles. The SMILES string of the molecule is CNC(=O)[C@H](C)NC(=O)[C@H](C)NOC(=O)[C@@]12CCCN1C(=O)[C@@H](NC(=O)[C@H](C)NC(=O)[C@H](C)NC(C)=O)C2. The minimum absolute atomic E-state index is 0.0463. The van der Waals surface area contributed by atoms with E-state index < -0.39 is 77.2 Å². The fourth-order valence-electron chi connectivity index (χ4n) is 4.42. The van der Waals surface area contributed by atoms with E-state index in [-0.39, 0.29) is 6.42 Å². The van der Waals surface area contributed by atoms with E-state index in [1.165, 1.54) is 46.6 Å². The Morgan fingerprint density at radius 3 is 2.00 bits per heavy atom. The van der Waals surface area contributed by atoms with Gasteiger partial charge in [-0.05, 0) is 40.5 Å². The summed E-state index contributed by atoms with van der Waals surface area (Å²) < 4.78 is 0. The van der Waals surface area contributed by atoms with Gasteiger partial charge in [-0.25, -0.2) is 4.79 Å². The number of carbonyl (C=O) groups is 7. The van der Waals surface area contributed by atoms with Crippen molar-refractivity contribution in [3.05, 3.63) is 0 Å². The molecule has 6 atom stereocenters. The van der Waals surface area contributed by atoms with Crippen LogP contribution in [-0.4, -0.2) is 95.7 Å². The molecule has 6 amide bonds. The molecule has 15 heteroatoms. The average Bonchev–Trinajstić information content (AvgIpc) is 3.39. The van der Waals surface area contributed by atoms with Crippen LogP contribution in [0.5, 0.6) is 0 Å². The number of rotatable bonds is 11. The molecule has 2 rings (SSSR count). The average molecular weight is 540 g/mol. The monoisotopic (exact) mass is 539 g/mol. The number of nitrogens with zero attached hydrogens (tertiary/aromatic N) is 1. The van der Waals surface area contributed by atoms with Crippen molar-refractivity contribution < 1.29 is 38.4 Å². The van der Waals surface area contributed by atoms with Gasteiger partial charge in [-0.2, -0.15) is 0 Å². The van der Waals surface area contributed by atoms with Gasteiger partial charge in [0.15, 0.2) is 0 Å². The molecule has 38 heavy (non-hydrogen) atoms. The van der Waals surface area contributed by atoms with Gasteiger partial charge in [-0.3, -0.25) is 28.8 Å². The fraction of sp³-hybridized carbons (Fsp3) is 0.696. The van der Waals surface area contributed by atoms with E-state index in [2.05, 4.69) is 32.1 Å². The predicted molar refractivity (Wildman–Crippen MR) is 131 cm³/mol. The summed E-state index contributed by atoms with van der Waals surface area (Å²) in [4.78, 5) is 92.5. The van der Waals surface area contributed by atoms with E-state index in [9.17, 15) is 33.6 Å². The zero-order valence-corrected chi connectivity index (χ0v) is 22.4. The summed E-state index contributed by atoms with van der Waals surface area (Å²) >= 11 is 0. The highest BCUT2D eigenvalue weighted by atomic mass is 16.7. The normalized spacial score (nSPS) is 23.3. The fourth-order valence-corrected chi connectivity index (χ4v) is 4.42. The first kappa shape index (κ1) is 30.5. The molecule has 0 aromatic carbocycles. The van der Waals surface area contributed by atoms with E-state index in [0.717, 1.165) is 0 Å². The smallest absolute Gasteiger partial charge is 0.350 e. The van der Waals surface area contributed by atoms with Gasteiger partial charge in [0.25, 0.3) is 0 Å². The molecule has 0 aromatic rings. The standard InChI is InChI=1S/C23H37N7O8/c1-11(17(32)24-6)26-20(35)14(4)29-38-22(37)23-8-7-9-30(23)21(36)16(10-23)28-19(34)13(3)27-18(33)12(2)25-15(5)31/h11-14,16,29H,7-10H2,1-6H3,(H,24,32)(H,25,31)(H,26,35)(H,27,33)(H,28,34)/t11-,12-,13-,14-,16-,23-/m0/s1. The Balaban J connectivity index is 1.97. The summed E-state index contributed by atoms with van der Waals surface area (Å²) in [5.41, 5.74) is 1.05. The maximum Gasteiger partial charge on any atom is 0.350 e. The van der Waals surface area contributed by atoms with Crippen LogP contribution in [0.3, 0.4) is 0 Å². The lowest BCUT2D eigenvalue weighted by atomic mass is 9.92. The number of amides is 6. The summed E-state index contributed by atoms with van der Waals surface area (Å²) in [6.45, 7) is 7.39. The second kappa shape index (κ2) is 12.7. The summed E-state index contributed by atoms with van der Waals surface area (Å²) in [5, 5.41) is 12.3. The minimum Gasteiger partial charge on any atom is -0.368 e. The minimum atomic E-state index is -1.32. The van der Waals surface area contributed by atoms with Crippen LogP contribution in [0.15, 0.2) is 0 Å². The molecular weight excluding hydrogens is 502 g/mol. The van der Waals surface area contributed by atoms with Crippen molar-refractivity contribution in [2.45, 2.75) is 89.6 Å². The van der Waals surface area contributed by atoms with E-state index in [0.29, 0.717) is 19.4 Å². The van der Waals surface area contributed by atoms with Crippen LogP contribution in [0, 0.1) is 0 Å². The van der Waals surface area contributed by atoms with Gasteiger partial charge in [0.1, 0.15) is 35.7 Å². The van der Waals surface area contributed by atoms with Crippen molar-refractivity contribution in [2.24, 2.45) is 0 Å². The summed E-state index contributed by atoms with van der Waals surface area (Å²) in [6.07, 6.45) is 0.810. The lowest BCUT2D eigenvalue weighted by molar-refractivity contribution is -0.167. The number of hydroxylamine groups is 1. The molecule has 0 unspecified atom stereocenters. The number of fused-ring (bicyclic) bond motifs is 1. The molecule has 2 aliphatic rings. The van der Waals surface area contributed by atoms with Crippen LogP contribution in [0.2, 0.25) is 0 Å². The third kappa shape index (κ3) is 6.96. The van der Waals surface area contributed by atoms with Crippen LogP contribution in [-0.2, 0) is 38.4 Å². The maximum atomic E-state index is 13.1. The highest BCUT2D eigenvalue weighted by Gasteiger charge is 2.59. The first-order valence-electron chi connectivity index (χ1n) is 12.4. The number of nitrogens with one attached hydrogen (secondary N) is 6. The first-order chi connectivity index (χ1) is 17.7. The van der Waals surface area contributed by atoms with Crippen LogP contribution in [0.4, 0.5) is 0 Å². The molecule has 2 fully saturated rings. The summed E-state index contributed by atoms with van der Waals surface area (Å²) in [5.74, 6) is -3.81. The summed E-state index contributed by atoms with van der Waals surface area (Å²) in [6, 6.07) is -4.67. The van der Waals surface area contributed by atoms with E-state index >= 15 is 0 Å². The largest absolute Gasteiger partial charge is 0.368 e. The molecule has 0 bridgehead atoms. The number of hydrogen-bond acceptors (Lipinski definition) is 9. The lowest BCUT2D eigenvalue weighted by Gasteiger charge is -2.29. The molecule has 2 saturated heterocycles. The highest BCUT2D eigenvalue weighted by Crippen LogP contribution is 2.40. The van der Waals surface area contributed by atoms with E-state index in [4.69, 9.17) is 4.84 Å². The quantitative estimate of drug-likeness (QED) is 0.147. The van der Waals surface area contributed by atoms with E-state index in [1.54, 1.807) is 0 Å². The Bertz CT molecular complexity index is 989. The molecule has 0 saturated carbocycles. The van der Waals surface area contributed by atoms with Gasteiger partial charge in [0.05, 0.1) is 0 Å². The maximum absolute atomic E-state index is 13.1. The van der Waals surface area contributed by atoms with Gasteiger partial charge in [-0.1, -0.05) is 0 Å². The number of likely N-dealkylation sites (N-methyl/N-ethyl adjacent to an activating group) is 1. The second-order valence-electron chi connectivity index (χ2n) is 9.62. The molecule has 0 radical (unpaired) electrons. The molecule has 0 spiro atoms. The molecule has 2 aliphatic heterocycles. The molecule has 15 nitrogen and oxygen atoms in total. The van der Waals surface area contributed by atoms with Gasteiger partial charge in [0, 0.05) is 26.9 Å². The zero-order valence-electron chi connectivity index (χ0n) is 22.4. The van der Waals surface area contributed by atoms with Gasteiger partial charge < -0.3 is 36.3 Å². The lowest BCUT2D eigenvalue weighted by Crippen LogP contribution is -2.53. The Hall–Kier alpha value is -3.75. The predicted octanol–water partition coefficient (Wildman–Crippen LogP) is -3.05. The van der Waals surface area contributed by atoms with Gasteiger partial charge in [0.2, 0.25) is 35.4 Å². The zero-order chi connectivity index (χ0) is 28.8. The van der Waals surface area contributed by atoms with Crippen LogP contribution < -0.4 is 32.1 Å². The third-order valence-electron chi connectivity index (χ3n) is 6.58. The van der Waals surface area contributed by atoms with Gasteiger partial charge >= 0.3 is 5.97 Å². The Morgan fingerprint density at radius 2 is 1.42 bits per heavy atom. The molecule has 6 N–H and O–H groups in total. The first-order valence-corrected chi connectivity index (χ1v) is 12.4. The van der Waals surface area contributed by atoms with Gasteiger partial charge in [-0.15, -0.1) is 5.48 Å². The third-order valence-corrected chi connectivity index (χ3v) is 6.58. The highest BCUT2D eigenvalue weighted by molar-refractivity contribution is 5.99. The van der Waals surface area contributed by atoms with Crippen molar-refractivity contribution in [2.75, 3.05) is 13.6 Å². The van der Waals surface area contributed by atoms with Crippen molar-refractivity contribution in [3.63, 3.8) is 0 Å². The summed E-state index contributed by atoms with van der Waals surface area (Å²) in [7, 11) is 1.44. The van der Waals surface area contributed by atoms with Crippen molar-refractivity contribution >= 4 is 41.4 Å². The Labute approximate surface area is 220 Å². The Kier molecular flexibility index (Phi) is 10.2. The molecular formula is C23H37N7O8. The van der Waals surface area contributed by atoms with Crippen molar-refractivity contribution in [1.29, 1.82) is 0 Å². The topological polar surface area (TPSA) is 204 Å². The Morgan fingerprint density at radius 1 is 0.868 bits per heavy atom. The van der Waals surface area contributed by atoms with E-state index in [1.807, 2.05) is 0 Å². The molecule has 212 valence electrons. The number of hydrogen-bond donors (Lipinski definition) is 6. The van der Waals surface area contributed by atoms with Crippen LogP contribution in [0.1, 0.15) is 53.9 Å². The van der Waals surface area contributed by atoms with Crippen molar-refractivity contribution in [3.8, 4) is 0 Å². The van der Waals surface area contributed by atoms with Crippen molar-refractivity contribution in [1.82, 2.24) is 37.0 Å². The van der Waals surface area contributed by atoms with Crippen LogP contribution in [0.25, 0.3) is 0 Å². The number of carbonyl (C=O) groups excluding carboxylic acids is 7. The second-order valence-corrected chi connectivity index (χ2v) is 9.62. The van der Waals surface area contributed by atoms with Crippen LogP contribution >= 0.6 is 0 Å². The molecule has 0 aliphatic carbocycles. The molecule has 0 aromatic heterocycles.